The Hall–Kier alpha value is -1.42. The first-order valence-corrected chi connectivity index (χ1v) is 7.42. The first-order chi connectivity index (χ1) is 9.60. The molecule has 1 aromatic rings. The van der Waals surface area contributed by atoms with E-state index in [-0.39, 0.29) is 23.9 Å². The highest BCUT2D eigenvalue weighted by molar-refractivity contribution is 5.84. The van der Waals surface area contributed by atoms with E-state index < -0.39 is 0 Å². The van der Waals surface area contributed by atoms with Crippen molar-refractivity contribution in [1.82, 2.24) is 10.2 Å². The Bertz CT molecular complexity index is 502. The van der Waals surface area contributed by atoms with Gasteiger partial charge >= 0.3 is 0 Å². The van der Waals surface area contributed by atoms with Crippen LogP contribution in [0.25, 0.3) is 0 Å². The smallest absolute Gasteiger partial charge is 0.241 e. The van der Waals surface area contributed by atoms with E-state index in [1.165, 1.54) is 18.6 Å². The number of carbonyl (C=O) groups is 1. The van der Waals surface area contributed by atoms with Gasteiger partial charge in [-0.3, -0.25) is 10.1 Å². The lowest BCUT2D eigenvalue weighted by Gasteiger charge is -2.24. The van der Waals surface area contributed by atoms with Gasteiger partial charge in [-0.15, -0.1) is 0 Å². The Morgan fingerprint density at radius 2 is 2.00 bits per heavy atom. The number of rotatable bonds is 4. The molecule has 1 saturated carbocycles. The molecule has 4 unspecified atom stereocenters. The summed E-state index contributed by atoms with van der Waals surface area (Å²) in [6.45, 7) is 5.05. The topological polar surface area (TPSA) is 32.3 Å². The Morgan fingerprint density at radius 3 is 2.55 bits per heavy atom. The molecule has 0 spiro atoms. The van der Waals surface area contributed by atoms with Crippen molar-refractivity contribution in [2.75, 3.05) is 6.54 Å². The van der Waals surface area contributed by atoms with E-state index in [2.05, 4.69) is 12.2 Å². The fraction of sp³-hybridized carbons (Fsp3) is 0.562. The largest absolute Gasteiger partial charge is 0.321 e. The van der Waals surface area contributed by atoms with Crippen LogP contribution in [0.15, 0.2) is 24.3 Å². The molecule has 108 valence electrons. The molecular formula is C16H21FN2O. The molecule has 1 saturated heterocycles. The number of nitrogens with zero attached hydrogens (tertiary/aromatic N) is 1. The normalized spacial score (nSPS) is 32.8. The standard InChI is InChI=1S/C16H21FN2O/c1-3-14-16(20)19(9-12-8-10(12)2)15(18-14)11-4-6-13(17)7-5-11/h4-7,10,12,14-15,18H,3,8-9H2,1-2H3. The number of nitrogens with one attached hydrogen (secondary N) is 1. The molecule has 20 heavy (non-hydrogen) atoms. The highest BCUT2D eigenvalue weighted by Crippen LogP contribution is 2.40. The number of amides is 1. The second-order valence-electron chi connectivity index (χ2n) is 6.05. The third kappa shape index (κ3) is 2.44. The van der Waals surface area contributed by atoms with Gasteiger partial charge < -0.3 is 4.90 Å². The fourth-order valence-electron chi connectivity index (χ4n) is 2.99. The minimum atomic E-state index is -0.243. The number of carbonyl (C=O) groups excluding carboxylic acids is 1. The third-order valence-electron chi connectivity index (χ3n) is 4.55. The molecular weight excluding hydrogens is 255 g/mol. The van der Waals surface area contributed by atoms with Gasteiger partial charge in [0.15, 0.2) is 0 Å². The van der Waals surface area contributed by atoms with Gasteiger partial charge in [-0.25, -0.2) is 4.39 Å². The summed E-state index contributed by atoms with van der Waals surface area (Å²) in [5, 5.41) is 3.38. The monoisotopic (exact) mass is 276 g/mol. The van der Waals surface area contributed by atoms with Gasteiger partial charge in [0.05, 0.1) is 6.04 Å². The SMILES string of the molecule is CCC1NC(c2ccc(F)cc2)N(CC2CC2C)C1=O. The molecule has 4 heteroatoms. The lowest BCUT2D eigenvalue weighted by molar-refractivity contribution is -0.130. The van der Waals surface area contributed by atoms with E-state index in [1.54, 1.807) is 12.1 Å². The van der Waals surface area contributed by atoms with Crippen LogP contribution in [0.3, 0.4) is 0 Å². The van der Waals surface area contributed by atoms with Crippen LogP contribution in [-0.4, -0.2) is 23.4 Å². The van der Waals surface area contributed by atoms with Crippen molar-refractivity contribution in [3.05, 3.63) is 35.6 Å². The van der Waals surface area contributed by atoms with Crippen LogP contribution in [0.2, 0.25) is 0 Å². The van der Waals surface area contributed by atoms with Crippen molar-refractivity contribution in [2.24, 2.45) is 11.8 Å². The molecule has 0 bridgehead atoms. The Kier molecular flexibility index (Phi) is 3.50. The molecule has 3 rings (SSSR count). The summed E-state index contributed by atoms with van der Waals surface area (Å²) < 4.78 is 13.1. The number of hydrogen-bond donors (Lipinski definition) is 1. The quantitative estimate of drug-likeness (QED) is 0.917. The second-order valence-corrected chi connectivity index (χ2v) is 6.05. The highest BCUT2D eigenvalue weighted by Gasteiger charge is 2.43. The predicted octanol–water partition coefficient (Wildman–Crippen LogP) is 2.69. The number of hydrogen-bond acceptors (Lipinski definition) is 2. The first kappa shape index (κ1) is 13.6. The van der Waals surface area contributed by atoms with Gasteiger partial charge in [-0.2, -0.15) is 0 Å². The molecule has 1 aliphatic heterocycles. The summed E-state index contributed by atoms with van der Waals surface area (Å²) in [6.07, 6.45) is 1.88. The molecule has 1 amide bonds. The summed E-state index contributed by atoms with van der Waals surface area (Å²) in [4.78, 5) is 14.4. The molecule has 1 aromatic carbocycles. The van der Waals surface area contributed by atoms with Gasteiger partial charge in [-0.1, -0.05) is 26.0 Å². The summed E-state index contributed by atoms with van der Waals surface area (Å²) in [6, 6.07) is 6.33. The number of halogens is 1. The summed E-state index contributed by atoms with van der Waals surface area (Å²) in [5.41, 5.74) is 0.962. The van der Waals surface area contributed by atoms with Gasteiger partial charge in [0.2, 0.25) is 5.91 Å². The van der Waals surface area contributed by atoms with Crippen molar-refractivity contribution in [3.63, 3.8) is 0 Å². The fourth-order valence-corrected chi connectivity index (χ4v) is 2.99. The third-order valence-corrected chi connectivity index (χ3v) is 4.55. The Morgan fingerprint density at radius 1 is 1.35 bits per heavy atom. The first-order valence-electron chi connectivity index (χ1n) is 7.42. The summed E-state index contributed by atoms with van der Waals surface area (Å²) in [7, 11) is 0. The van der Waals surface area contributed by atoms with Crippen molar-refractivity contribution in [1.29, 1.82) is 0 Å². The molecule has 0 radical (unpaired) electrons. The molecule has 4 atom stereocenters. The maximum absolute atomic E-state index is 13.1. The molecule has 1 N–H and O–H groups in total. The average Bonchev–Trinajstić information content (AvgIpc) is 3.04. The molecule has 1 aliphatic carbocycles. The molecule has 2 aliphatic rings. The summed E-state index contributed by atoms with van der Waals surface area (Å²) in [5.74, 6) is 1.28. The van der Waals surface area contributed by atoms with E-state index in [0.717, 1.165) is 24.4 Å². The van der Waals surface area contributed by atoms with E-state index >= 15 is 0 Å². The van der Waals surface area contributed by atoms with Crippen LogP contribution in [0, 0.1) is 17.7 Å². The van der Waals surface area contributed by atoms with Crippen LogP contribution in [0.4, 0.5) is 4.39 Å². The maximum atomic E-state index is 13.1. The highest BCUT2D eigenvalue weighted by atomic mass is 19.1. The van der Waals surface area contributed by atoms with Crippen LogP contribution in [-0.2, 0) is 4.79 Å². The second kappa shape index (κ2) is 5.17. The van der Waals surface area contributed by atoms with Gasteiger partial charge in [0.1, 0.15) is 12.0 Å². The zero-order valence-electron chi connectivity index (χ0n) is 12.0. The van der Waals surface area contributed by atoms with E-state index in [9.17, 15) is 9.18 Å². The van der Waals surface area contributed by atoms with Crippen LogP contribution in [0.5, 0.6) is 0 Å². The van der Waals surface area contributed by atoms with Crippen LogP contribution in [0.1, 0.15) is 38.4 Å². The lowest BCUT2D eigenvalue weighted by atomic mass is 10.1. The van der Waals surface area contributed by atoms with Gasteiger partial charge in [0, 0.05) is 6.54 Å². The van der Waals surface area contributed by atoms with Crippen molar-refractivity contribution >= 4 is 5.91 Å². The molecule has 3 nitrogen and oxygen atoms in total. The minimum absolute atomic E-state index is 0.110. The van der Waals surface area contributed by atoms with Gasteiger partial charge in [0.25, 0.3) is 0 Å². The maximum Gasteiger partial charge on any atom is 0.241 e. The zero-order chi connectivity index (χ0) is 14.3. The van der Waals surface area contributed by atoms with Crippen LogP contribution < -0.4 is 5.32 Å². The number of benzene rings is 1. The van der Waals surface area contributed by atoms with E-state index in [4.69, 9.17) is 0 Å². The Labute approximate surface area is 119 Å². The Balaban J connectivity index is 1.82. The van der Waals surface area contributed by atoms with Gasteiger partial charge in [-0.05, 0) is 42.4 Å². The summed E-state index contributed by atoms with van der Waals surface area (Å²) >= 11 is 0. The van der Waals surface area contributed by atoms with Crippen molar-refractivity contribution in [2.45, 2.75) is 38.9 Å². The molecule has 1 heterocycles. The van der Waals surface area contributed by atoms with Crippen molar-refractivity contribution < 1.29 is 9.18 Å². The average molecular weight is 276 g/mol. The minimum Gasteiger partial charge on any atom is -0.321 e. The molecule has 0 aromatic heterocycles. The molecule has 2 fully saturated rings. The van der Waals surface area contributed by atoms with Crippen molar-refractivity contribution in [3.8, 4) is 0 Å². The van der Waals surface area contributed by atoms with Crippen LogP contribution >= 0.6 is 0 Å². The predicted molar refractivity (Wildman–Crippen MR) is 75.3 cm³/mol. The lowest BCUT2D eigenvalue weighted by Crippen LogP contribution is -2.33. The zero-order valence-corrected chi connectivity index (χ0v) is 12.0. The van der Waals surface area contributed by atoms with E-state index in [1.807, 2.05) is 11.8 Å². The van der Waals surface area contributed by atoms with E-state index in [0.29, 0.717) is 5.92 Å².